The number of nitrogens with one attached hydrogen (secondary N) is 1. The lowest BCUT2D eigenvalue weighted by Crippen LogP contribution is -2.19. The molecule has 1 aliphatic rings. The summed E-state index contributed by atoms with van der Waals surface area (Å²) in [6, 6.07) is 3.60. The van der Waals surface area contributed by atoms with Gasteiger partial charge in [0.1, 0.15) is 10.7 Å². The molecular formula is C13H20N2O2S2. The Morgan fingerprint density at radius 3 is 2.95 bits per heavy atom. The van der Waals surface area contributed by atoms with Gasteiger partial charge in [0.05, 0.1) is 0 Å². The van der Waals surface area contributed by atoms with E-state index in [4.69, 9.17) is 0 Å². The zero-order valence-electron chi connectivity index (χ0n) is 11.3. The van der Waals surface area contributed by atoms with Gasteiger partial charge in [0.2, 0.25) is 0 Å². The Kier molecular flexibility index (Phi) is 4.73. The first kappa shape index (κ1) is 14.7. The van der Waals surface area contributed by atoms with Gasteiger partial charge < -0.3 is 5.32 Å². The Morgan fingerprint density at radius 2 is 2.26 bits per heavy atom. The monoisotopic (exact) mass is 300 g/mol. The summed E-state index contributed by atoms with van der Waals surface area (Å²) in [5.74, 6) is 1.63. The smallest absolute Gasteiger partial charge is 0.179 e. The summed E-state index contributed by atoms with van der Waals surface area (Å²) in [5, 5.41) is 3.99. The number of hydrogen-bond donors (Lipinski definition) is 1. The fraction of sp³-hybridized carbons (Fsp3) is 0.615. The predicted molar refractivity (Wildman–Crippen MR) is 80.5 cm³/mol. The van der Waals surface area contributed by atoms with Crippen molar-refractivity contribution in [3.05, 3.63) is 18.3 Å². The Hall–Kier alpha value is -0.750. The van der Waals surface area contributed by atoms with Crippen LogP contribution in [-0.2, 0) is 9.84 Å². The fourth-order valence-electron chi connectivity index (χ4n) is 2.45. The average molecular weight is 300 g/mol. The van der Waals surface area contributed by atoms with Gasteiger partial charge in [-0.15, -0.1) is 0 Å². The van der Waals surface area contributed by atoms with Crippen LogP contribution in [0.5, 0.6) is 0 Å². The highest BCUT2D eigenvalue weighted by molar-refractivity contribution is 7.99. The van der Waals surface area contributed by atoms with Crippen molar-refractivity contribution in [3.63, 3.8) is 0 Å². The molecule has 0 bridgehead atoms. The van der Waals surface area contributed by atoms with Gasteiger partial charge in [0, 0.05) is 23.7 Å². The highest BCUT2D eigenvalue weighted by atomic mass is 32.2. The van der Waals surface area contributed by atoms with E-state index in [9.17, 15) is 8.42 Å². The van der Waals surface area contributed by atoms with Gasteiger partial charge in [0.25, 0.3) is 0 Å². The molecule has 2 rings (SSSR count). The minimum atomic E-state index is -3.23. The topological polar surface area (TPSA) is 59.1 Å². The summed E-state index contributed by atoms with van der Waals surface area (Å²) in [4.78, 5) is 4.48. The summed E-state index contributed by atoms with van der Waals surface area (Å²) in [6.07, 6.45) is 6.21. The second-order valence-corrected chi connectivity index (χ2v) is 8.42. The molecule has 0 radical (unpaired) electrons. The molecule has 1 aromatic rings. The van der Waals surface area contributed by atoms with E-state index in [2.05, 4.69) is 17.2 Å². The molecule has 1 aliphatic carbocycles. The van der Waals surface area contributed by atoms with Gasteiger partial charge in [-0.3, -0.25) is 0 Å². The summed E-state index contributed by atoms with van der Waals surface area (Å²) in [7, 11) is -3.23. The van der Waals surface area contributed by atoms with E-state index in [0.717, 1.165) is 18.6 Å². The Balaban J connectivity index is 2.09. The molecule has 2 atom stereocenters. The molecule has 1 aromatic heterocycles. The summed E-state index contributed by atoms with van der Waals surface area (Å²) in [6.45, 7) is 2.17. The van der Waals surface area contributed by atoms with Crippen molar-refractivity contribution in [1.82, 2.24) is 4.98 Å². The summed E-state index contributed by atoms with van der Waals surface area (Å²) in [5.41, 5.74) is 0. The van der Waals surface area contributed by atoms with Gasteiger partial charge >= 0.3 is 0 Å². The minimum Gasteiger partial charge on any atom is -0.366 e. The van der Waals surface area contributed by atoms with Crippen LogP contribution < -0.4 is 5.32 Å². The molecular weight excluding hydrogens is 280 g/mol. The van der Waals surface area contributed by atoms with Crippen LogP contribution in [0.1, 0.15) is 26.2 Å². The quantitative estimate of drug-likeness (QED) is 0.905. The average Bonchev–Trinajstić information content (AvgIpc) is 2.76. The van der Waals surface area contributed by atoms with Crippen LogP contribution in [0.2, 0.25) is 0 Å². The van der Waals surface area contributed by atoms with E-state index < -0.39 is 9.84 Å². The molecule has 0 aliphatic heterocycles. The molecule has 1 saturated carbocycles. The zero-order valence-corrected chi connectivity index (χ0v) is 12.9. The van der Waals surface area contributed by atoms with Crippen molar-refractivity contribution < 1.29 is 8.42 Å². The molecule has 0 aromatic carbocycles. The van der Waals surface area contributed by atoms with Crippen LogP contribution in [0, 0.1) is 0 Å². The molecule has 4 nitrogen and oxygen atoms in total. The van der Waals surface area contributed by atoms with Gasteiger partial charge in [0.15, 0.2) is 9.84 Å². The maximum Gasteiger partial charge on any atom is 0.179 e. The van der Waals surface area contributed by atoms with Crippen LogP contribution in [0.4, 0.5) is 5.82 Å². The number of thioether (sulfide) groups is 1. The first-order valence-corrected chi connectivity index (χ1v) is 9.48. The molecule has 2 unspecified atom stereocenters. The molecule has 0 saturated heterocycles. The third-order valence-electron chi connectivity index (χ3n) is 3.30. The Labute approximate surface area is 119 Å². The Bertz CT molecular complexity index is 531. The SMILES string of the molecule is CCSC1CCC(Nc2ncccc2S(C)(=O)=O)C1. The van der Waals surface area contributed by atoms with E-state index in [-0.39, 0.29) is 0 Å². The lowest BCUT2D eigenvalue weighted by Gasteiger charge is -2.15. The van der Waals surface area contributed by atoms with Crippen molar-refractivity contribution in [2.24, 2.45) is 0 Å². The first-order valence-electron chi connectivity index (χ1n) is 6.54. The van der Waals surface area contributed by atoms with Crippen LogP contribution in [-0.4, -0.2) is 36.7 Å². The summed E-state index contributed by atoms with van der Waals surface area (Å²) >= 11 is 1.98. The number of anilines is 1. The minimum absolute atomic E-state index is 0.293. The number of rotatable bonds is 5. The molecule has 0 spiro atoms. The third-order valence-corrected chi connectivity index (χ3v) is 5.66. The van der Waals surface area contributed by atoms with Gasteiger partial charge in [-0.2, -0.15) is 11.8 Å². The van der Waals surface area contributed by atoms with E-state index in [1.165, 1.54) is 12.7 Å². The standard InChI is InChI=1S/C13H20N2O2S2/c1-3-18-11-7-6-10(9-11)15-13-12(19(2,16)17)5-4-8-14-13/h4-5,8,10-11H,3,6-7,9H2,1-2H3,(H,14,15). The number of sulfone groups is 1. The first-order chi connectivity index (χ1) is 9.00. The van der Waals surface area contributed by atoms with Crippen LogP contribution in [0.3, 0.4) is 0 Å². The number of hydrogen-bond acceptors (Lipinski definition) is 5. The fourth-order valence-corrected chi connectivity index (χ4v) is 4.38. The van der Waals surface area contributed by atoms with Crippen molar-refractivity contribution >= 4 is 27.4 Å². The molecule has 1 N–H and O–H groups in total. The number of nitrogens with zero attached hydrogens (tertiary/aromatic N) is 1. The highest BCUT2D eigenvalue weighted by Gasteiger charge is 2.26. The number of aromatic nitrogens is 1. The molecule has 0 amide bonds. The van der Waals surface area contributed by atoms with Crippen molar-refractivity contribution in [2.45, 2.75) is 42.4 Å². The lowest BCUT2D eigenvalue weighted by molar-refractivity contribution is 0.601. The second kappa shape index (κ2) is 6.13. The second-order valence-electron chi connectivity index (χ2n) is 4.85. The highest BCUT2D eigenvalue weighted by Crippen LogP contribution is 2.32. The van der Waals surface area contributed by atoms with Crippen LogP contribution in [0.15, 0.2) is 23.2 Å². The van der Waals surface area contributed by atoms with E-state index in [1.807, 2.05) is 11.8 Å². The zero-order chi connectivity index (χ0) is 13.9. The van der Waals surface area contributed by atoms with E-state index in [1.54, 1.807) is 18.3 Å². The lowest BCUT2D eigenvalue weighted by atomic mass is 10.2. The summed E-state index contributed by atoms with van der Waals surface area (Å²) < 4.78 is 23.4. The van der Waals surface area contributed by atoms with Gasteiger partial charge in [-0.05, 0) is 37.1 Å². The molecule has 106 valence electrons. The van der Waals surface area contributed by atoms with Crippen LogP contribution >= 0.6 is 11.8 Å². The van der Waals surface area contributed by atoms with Crippen molar-refractivity contribution in [1.29, 1.82) is 0 Å². The Morgan fingerprint density at radius 1 is 1.47 bits per heavy atom. The number of pyridine rings is 1. The normalized spacial score (nSPS) is 23.5. The molecule has 6 heteroatoms. The van der Waals surface area contributed by atoms with Crippen molar-refractivity contribution in [3.8, 4) is 0 Å². The third kappa shape index (κ3) is 3.86. The van der Waals surface area contributed by atoms with Gasteiger partial charge in [-0.1, -0.05) is 6.92 Å². The van der Waals surface area contributed by atoms with E-state index in [0.29, 0.717) is 22.0 Å². The largest absolute Gasteiger partial charge is 0.366 e. The molecule has 19 heavy (non-hydrogen) atoms. The van der Waals surface area contributed by atoms with Crippen LogP contribution in [0.25, 0.3) is 0 Å². The molecule has 1 heterocycles. The molecule has 1 fully saturated rings. The van der Waals surface area contributed by atoms with Gasteiger partial charge in [-0.25, -0.2) is 13.4 Å². The van der Waals surface area contributed by atoms with E-state index >= 15 is 0 Å². The van der Waals surface area contributed by atoms with Crippen molar-refractivity contribution in [2.75, 3.05) is 17.3 Å². The predicted octanol–water partition coefficient (Wildman–Crippen LogP) is 2.57. The maximum atomic E-state index is 11.7. The maximum absolute atomic E-state index is 11.7.